The van der Waals surface area contributed by atoms with E-state index in [0.717, 1.165) is 21.5 Å². The van der Waals surface area contributed by atoms with E-state index in [9.17, 15) is 13.2 Å². The molecule has 3 aromatic rings. The Balaban J connectivity index is 1.80. The first-order valence-electron chi connectivity index (χ1n) is 10.5. The molecule has 1 unspecified atom stereocenters. The number of furan rings is 1. The summed E-state index contributed by atoms with van der Waals surface area (Å²) in [6, 6.07) is 8.40. The maximum atomic E-state index is 13.0. The number of amides is 1. The van der Waals surface area contributed by atoms with Crippen molar-refractivity contribution in [3.05, 3.63) is 53.7 Å². The first-order chi connectivity index (χ1) is 15.5. The molecular formula is C22H29N5O4S2. The molecule has 0 saturated carbocycles. The molecule has 1 aromatic carbocycles. The second-order valence-electron chi connectivity index (χ2n) is 8.17. The Hall–Kier alpha value is -2.63. The number of aromatic nitrogens is 3. The Bertz CT molecular complexity index is 1220. The lowest BCUT2D eigenvalue weighted by atomic mass is 10.2. The summed E-state index contributed by atoms with van der Waals surface area (Å²) in [5.41, 5.74) is 1.22. The number of carbonyl (C=O) groups is 1. The molecule has 178 valence electrons. The van der Waals surface area contributed by atoms with Gasteiger partial charge in [-0.05, 0) is 43.7 Å². The Morgan fingerprint density at radius 2 is 1.94 bits per heavy atom. The summed E-state index contributed by atoms with van der Waals surface area (Å²) < 4.78 is 33.5. The van der Waals surface area contributed by atoms with Crippen LogP contribution in [-0.2, 0) is 21.4 Å². The molecule has 2 aromatic heterocycles. The lowest BCUT2D eigenvalue weighted by Crippen LogP contribution is -2.25. The number of nitrogens with one attached hydrogen (secondary N) is 1. The van der Waals surface area contributed by atoms with Crippen LogP contribution in [0.4, 0.5) is 5.69 Å². The lowest BCUT2D eigenvalue weighted by molar-refractivity contribution is -0.115. The van der Waals surface area contributed by atoms with Gasteiger partial charge in [0.2, 0.25) is 15.9 Å². The zero-order chi connectivity index (χ0) is 24.3. The van der Waals surface area contributed by atoms with Crippen molar-refractivity contribution in [2.24, 2.45) is 0 Å². The largest absolute Gasteiger partial charge is 0.467 e. The molecule has 0 radical (unpaired) electrons. The van der Waals surface area contributed by atoms with Crippen LogP contribution in [0.3, 0.4) is 0 Å². The highest BCUT2D eigenvalue weighted by Gasteiger charge is 2.23. The van der Waals surface area contributed by atoms with E-state index in [4.69, 9.17) is 4.42 Å². The molecule has 0 fully saturated rings. The second kappa shape index (κ2) is 10.1. The lowest BCUT2D eigenvalue weighted by Gasteiger charge is -2.16. The van der Waals surface area contributed by atoms with Crippen LogP contribution in [0.25, 0.3) is 0 Å². The van der Waals surface area contributed by atoms with Gasteiger partial charge in [0.15, 0.2) is 5.16 Å². The molecule has 0 saturated heterocycles. The number of benzene rings is 1. The van der Waals surface area contributed by atoms with Gasteiger partial charge in [0.1, 0.15) is 11.6 Å². The van der Waals surface area contributed by atoms with E-state index in [1.54, 1.807) is 19.3 Å². The highest BCUT2D eigenvalue weighted by Crippen LogP contribution is 2.28. The Morgan fingerprint density at radius 1 is 1.21 bits per heavy atom. The van der Waals surface area contributed by atoms with E-state index in [-0.39, 0.29) is 16.7 Å². The Labute approximate surface area is 198 Å². The Morgan fingerprint density at radius 3 is 2.55 bits per heavy atom. The van der Waals surface area contributed by atoms with Crippen molar-refractivity contribution in [2.75, 3.05) is 19.4 Å². The van der Waals surface area contributed by atoms with E-state index in [2.05, 4.69) is 15.5 Å². The maximum absolute atomic E-state index is 13.0. The highest BCUT2D eigenvalue weighted by atomic mass is 32.2. The predicted molar refractivity (Wildman–Crippen MR) is 128 cm³/mol. The molecule has 11 heteroatoms. The summed E-state index contributed by atoms with van der Waals surface area (Å²) >= 11 is 1.29. The summed E-state index contributed by atoms with van der Waals surface area (Å²) in [6.07, 6.45) is 1.62. The molecule has 0 bridgehead atoms. The first kappa shape index (κ1) is 25.0. The Kier molecular flexibility index (Phi) is 7.65. The van der Waals surface area contributed by atoms with Gasteiger partial charge in [-0.25, -0.2) is 12.7 Å². The van der Waals surface area contributed by atoms with Crippen molar-refractivity contribution < 1.29 is 17.6 Å². The molecule has 9 nitrogen and oxygen atoms in total. The zero-order valence-electron chi connectivity index (χ0n) is 19.6. The maximum Gasteiger partial charge on any atom is 0.242 e. The van der Waals surface area contributed by atoms with Crippen LogP contribution in [0, 0.1) is 6.92 Å². The van der Waals surface area contributed by atoms with Crippen LogP contribution >= 0.6 is 11.8 Å². The van der Waals surface area contributed by atoms with Gasteiger partial charge >= 0.3 is 0 Å². The molecule has 33 heavy (non-hydrogen) atoms. The fourth-order valence-corrected chi connectivity index (χ4v) is 4.86. The summed E-state index contributed by atoms with van der Waals surface area (Å²) in [7, 11) is -0.673. The first-order valence-corrected chi connectivity index (χ1v) is 12.8. The minimum absolute atomic E-state index is 0.119. The predicted octanol–water partition coefficient (Wildman–Crippen LogP) is 3.72. The van der Waals surface area contributed by atoms with E-state index in [0.29, 0.717) is 17.4 Å². The molecular weight excluding hydrogens is 462 g/mol. The van der Waals surface area contributed by atoms with Crippen LogP contribution in [-0.4, -0.2) is 52.7 Å². The van der Waals surface area contributed by atoms with Gasteiger partial charge in [0, 0.05) is 25.7 Å². The SMILES string of the molecule is Cc1ccc(S(=O)(=O)N(C)C)cc1NC(=O)C(C)Sc1nnc(C(C)C)n1Cc1ccco1. The molecule has 0 aliphatic heterocycles. The average molecular weight is 492 g/mol. The second-order valence-corrected chi connectivity index (χ2v) is 11.6. The molecule has 1 N–H and O–H groups in total. The summed E-state index contributed by atoms with van der Waals surface area (Å²) in [5.74, 6) is 1.46. The van der Waals surface area contributed by atoms with E-state index >= 15 is 0 Å². The van der Waals surface area contributed by atoms with Crippen molar-refractivity contribution in [3.8, 4) is 0 Å². The third kappa shape index (κ3) is 5.66. The van der Waals surface area contributed by atoms with Gasteiger partial charge in [-0.15, -0.1) is 10.2 Å². The molecule has 2 heterocycles. The topological polar surface area (TPSA) is 110 Å². The molecule has 0 spiro atoms. The van der Waals surface area contributed by atoms with Crippen LogP contribution in [0.5, 0.6) is 0 Å². The van der Waals surface area contributed by atoms with Crippen molar-refractivity contribution >= 4 is 33.4 Å². The number of hydrogen-bond donors (Lipinski definition) is 1. The number of aryl methyl sites for hydroxylation is 1. The monoisotopic (exact) mass is 491 g/mol. The minimum atomic E-state index is -3.61. The van der Waals surface area contributed by atoms with Crippen molar-refractivity contribution in [1.82, 2.24) is 19.1 Å². The smallest absolute Gasteiger partial charge is 0.242 e. The summed E-state index contributed by atoms with van der Waals surface area (Å²) in [6.45, 7) is 8.12. The van der Waals surface area contributed by atoms with E-state index < -0.39 is 15.3 Å². The summed E-state index contributed by atoms with van der Waals surface area (Å²) in [5, 5.41) is 11.6. The highest BCUT2D eigenvalue weighted by molar-refractivity contribution is 8.00. The molecule has 0 aliphatic carbocycles. The van der Waals surface area contributed by atoms with E-state index in [1.165, 1.54) is 38.0 Å². The number of anilines is 1. The van der Waals surface area contributed by atoms with Crippen molar-refractivity contribution in [2.45, 2.75) is 55.5 Å². The van der Waals surface area contributed by atoms with Gasteiger partial charge in [0.25, 0.3) is 0 Å². The molecule has 1 atom stereocenters. The van der Waals surface area contributed by atoms with Gasteiger partial charge in [0.05, 0.1) is 23.0 Å². The molecule has 3 rings (SSSR count). The fraction of sp³-hybridized carbons (Fsp3) is 0.409. The number of rotatable bonds is 9. The van der Waals surface area contributed by atoms with Crippen molar-refractivity contribution in [3.63, 3.8) is 0 Å². The van der Waals surface area contributed by atoms with Gasteiger partial charge in [-0.3, -0.25) is 9.36 Å². The quantitative estimate of drug-likeness (QED) is 0.454. The number of sulfonamides is 1. The zero-order valence-corrected chi connectivity index (χ0v) is 21.2. The molecule has 1 amide bonds. The van der Waals surface area contributed by atoms with Crippen molar-refractivity contribution in [1.29, 1.82) is 0 Å². The third-order valence-corrected chi connectivity index (χ3v) is 7.94. The summed E-state index contributed by atoms with van der Waals surface area (Å²) in [4.78, 5) is 13.1. The van der Waals surface area contributed by atoms with Crippen LogP contribution in [0.15, 0.2) is 51.1 Å². The number of carbonyl (C=O) groups excluding carboxylic acids is 1. The fourth-order valence-electron chi connectivity index (χ4n) is 3.07. The standard InChI is InChI=1S/C22H29N5O4S2/c1-14(2)20-24-25-22(27(20)13-17-8-7-11-31-17)32-16(4)21(28)23-19-12-18(10-9-15(19)3)33(29,30)26(5)6/h7-12,14,16H,13H2,1-6H3,(H,23,28). The number of thioether (sulfide) groups is 1. The van der Waals surface area contributed by atoms with Crippen LogP contribution < -0.4 is 5.32 Å². The van der Waals surface area contributed by atoms with E-state index in [1.807, 2.05) is 37.5 Å². The van der Waals surface area contributed by atoms with Gasteiger partial charge in [-0.2, -0.15) is 0 Å². The number of hydrogen-bond acceptors (Lipinski definition) is 7. The van der Waals surface area contributed by atoms with Crippen LogP contribution in [0.2, 0.25) is 0 Å². The number of nitrogens with zero attached hydrogens (tertiary/aromatic N) is 4. The van der Waals surface area contributed by atoms with Gasteiger partial charge < -0.3 is 9.73 Å². The molecule has 0 aliphatic rings. The normalized spacial score (nSPS) is 13.0. The van der Waals surface area contributed by atoms with Crippen LogP contribution in [0.1, 0.15) is 43.8 Å². The third-order valence-electron chi connectivity index (χ3n) is 5.05. The minimum Gasteiger partial charge on any atom is -0.467 e. The van der Waals surface area contributed by atoms with Gasteiger partial charge in [-0.1, -0.05) is 31.7 Å². The average Bonchev–Trinajstić information content (AvgIpc) is 3.40.